The number of hydrogen-bond donors (Lipinski definition) is 2. The molecule has 6 heteroatoms. The van der Waals surface area contributed by atoms with Crippen molar-refractivity contribution in [3.63, 3.8) is 0 Å². The molecule has 2 bridgehead atoms. The third kappa shape index (κ3) is 3.00. The molecule has 4 atom stereocenters. The van der Waals surface area contributed by atoms with E-state index in [0.29, 0.717) is 11.3 Å². The number of carboxylic acids is 1. The van der Waals surface area contributed by atoms with Gasteiger partial charge in [0.05, 0.1) is 24.0 Å². The second kappa shape index (κ2) is 6.63. The van der Waals surface area contributed by atoms with Crippen molar-refractivity contribution in [2.45, 2.75) is 26.2 Å². The van der Waals surface area contributed by atoms with Crippen LogP contribution in [0, 0.1) is 23.7 Å². The Labute approximate surface area is 140 Å². The first-order valence-corrected chi connectivity index (χ1v) is 8.32. The second-order valence-corrected chi connectivity index (χ2v) is 6.51. The van der Waals surface area contributed by atoms with E-state index in [1.54, 1.807) is 31.2 Å². The standard InChI is InChI=1S/C18H21NO5/c1-2-24-18(23)12-4-3-5-13(9-12)19-16(20)14-10-6-7-11(8-10)15(14)17(21)22/h3-5,9-11,14-15H,2,6-8H2,1H3,(H,19,20)(H,21,22). The fourth-order valence-corrected chi connectivity index (χ4v) is 4.19. The molecule has 2 aliphatic rings. The number of fused-ring (bicyclic) bond motifs is 2. The van der Waals surface area contributed by atoms with Gasteiger partial charge in [0.2, 0.25) is 5.91 Å². The fraction of sp³-hybridized carbons (Fsp3) is 0.500. The summed E-state index contributed by atoms with van der Waals surface area (Å²) in [7, 11) is 0. The Morgan fingerprint density at radius 1 is 1.21 bits per heavy atom. The average molecular weight is 331 g/mol. The van der Waals surface area contributed by atoms with Gasteiger partial charge in [0, 0.05) is 5.69 Å². The second-order valence-electron chi connectivity index (χ2n) is 6.51. The zero-order chi connectivity index (χ0) is 17.3. The van der Waals surface area contributed by atoms with Gasteiger partial charge in [-0.2, -0.15) is 0 Å². The molecule has 4 unspecified atom stereocenters. The fourth-order valence-electron chi connectivity index (χ4n) is 4.19. The zero-order valence-electron chi connectivity index (χ0n) is 13.5. The minimum atomic E-state index is -0.886. The normalized spacial score (nSPS) is 27.7. The van der Waals surface area contributed by atoms with Crippen LogP contribution in [0.15, 0.2) is 24.3 Å². The number of carbonyl (C=O) groups is 3. The summed E-state index contributed by atoms with van der Waals surface area (Å²) < 4.78 is 4.95. The largest absolute Gasteiger partial charge is 0.481 e. The molecule has 24 heavy (non-hydrogen) atoms. The molecule has 2 saturated carbocycles. The molecule has 2 N–H and O–H groups in total. The summed E-state index contributed by atoms with van der Waals surface area (Å²) in [6.07, 6.45) is 2.62. The molecule has 3 rings (SSSR count). The minimum absolute atomic E-state index is 0.106. The predicted molar refractivity (Wildman–Crippen MR) is 86.5 cm³/mol. The molecular weight excluding hydrogens is 310 g/mol. The van der Waals surface area contributed by atoms with E-state index < -0.39 is 23.8 Å². The van der Waals surface area contributed by atoms with Crippen LogP contribution in [0.25, 0.3) is 0 Å². The van der Waals surface area contributed by atoms with Gasteiger partial charge in [-0.25, -0.2) is 4.79 Å². The number of hydrogen-bond acceptors (Lipinski definition) is 4. The number of aliphatic carboxylic acids is 1. The van der Waals surface area contributed by atoms with Crippen molar-refractivity contribution in [1.29, 1.82) is 0 Å². The van der Waals surface area contributed by atoms with Gasteiger partial charge in [-0.1, -0.05) is 6.07 Å². The van der Waals surface area contributed by atoms with E-state index in [-0.39, 0.29) is 24.3 Å². The van der Waals surface area contributed by atoms with Gasteiger partial charge in [0.25, 0.3) is 0 Å². The number of anilines is 1. The number of carboxylic acid groups (broad SMARTS) is 1. The van der Waals surface area contributed by atoms with Crippen LogP contribution >= 0.6 is 0 Å². The highest BCUT2D eigenvalue weighted by Crippen LogP contribution is 2.52. The lowest BCUT2D eigenvalue weighted by atomic mass is 9.78. The summed E-state index contributed by atoms with van der Waals surface area (Å²) in [6.45, 7) is 2.01. The Morgan fingerprint density at radius 2 is 1.92 bits per heavy atom. The lowest BCUT2D eigenvalue weighted by Gasteiger charge is -2.27. The molecule has 1 amide bonds. The number of carbonyl (C=O) groups excluding carboxylic acids is 2. The lowest BCUT2D eigenvalue weighted by Crippen LogP contribution is -2.37. The molecule has 0 saturated heterocycles. The molecule has 0 radical (unpaired) electrons. The Bertz CT molecular complexity index is 671. The van der Waals surface area contributed by atoms with Crippen molar-refractivity contribution in [2.24, 2.45) is 23.7 Å². The number of ether oxygens (including phenoxy) is 1. The Hall–Kier alpha value is -2.37. The van der Waals surface area contributed by atoms with E-state index >= 15 is 0 Å². The highest BCUT2D eigenvalue weighted by Gasteiger charge is 2.53. The van der Waals surface area contributed by atoms with Gasteiger partial charge in [-0.05, 0) is 56.2 Å². The van der Waals surface area contributed by atoms with Gasteiger partial charge in [0.15, 0.2) is 0 Å². The molecule has 1 aromatic rings. The Balaban J connectivity index is 1.74. The molecule has 2 aliphatic carbocycles. The molecule has 0 aromatic heterocycles. The van der Waals surface area contributed by atoms with Crippen molar-refractivity contribution in [1.82, 2.24) is 0 Å². The topological polar surface area (TPSA) is 92.7 Å². The van der Waals surface area contributed by atoms with Gasteiger partial charge < -0.3 is 15.2 Å². The highest BCUT2D eigenvalue weighted by molar-refractivity contribution is 5.97. The van der Waals surface area contributed by atoms with E-state index in [1.807, 2.05) is 0 Å². The van der Waals surface area contributed by atoms with Gasteiger partial charge >= 0.3 is 11.9 Å². The maximum Gasteiger partial charge on any atom is 0.338 e. The van der Waals surface area contributed by atoms with Crippen LogP contribution in [0.3, 0.4) is 0 Å². The molecule has 0 aliphatic heterocycles. The van der Waals surface area contributed by atoms with Crippen molar-refractivity contribution in [3.05, 3.63) is 29.8 Å². The van der Waals surface area contributed by atoms with Crippen LogP contribution in [0.1, 0.15) is 36.5 Å². The summed E-state index contributed by atoms with van der Waals surface area (Å²) in [5.74, 6) is -2.45. The maximum absolute atomic E-state index is 12.6. The van der Waals surface area contributed by atoms with E-state index in [0.717, 1.165) is 19.3 Å². The SMILES string of the molecule is CCOC(=O)c1cccc(NC(=O)C2C3CCC(C3)C2C(=O)O)c1. The number of rotatable bonds is 5. The smallest absolute Gasteiger partial charge is 0.338 e. The summed E-state index contributed by atoms with van der Waals surface area (Å²) in [6, 6.07) is 6.52. The summed E-state index contributed by atoms with van der Waals surface area (Å²) in [5.41, 5.74) is 0.842. The van der Waals surface area contributed by atoms with Gasteiger partial charge in [0.1, 0.15) is 0 Å². The molecule has 128 valence electrons. The lowest BCUT2D eigenvalue weighted by molar-refractivity contribution is -0.148. The van der Waals surface area contributed by atoms with E-state index in [1.165, 1.54) is 0 Å². The molecule has 0 spiro atoms. The van der Waals surface area contributed by atoms with Crippen LogP contribution in [-0.2, 0) is 14.3 Å². The average Bonchev–Trinajstić information content (AvgIpc) is 3.16. The maximum atomic E-state index is 12.6. The molecule has 0 heterocycles. The van der Waals surface area contributed by atoms with Crippen LogP contribution in [-0.4, -0.2) is 29.6 Å². The molecule has 2 fully saturated rings. The van der Waals surface area contributed by atoms with Crippen molar-refractivity contribution < 1.29 is 24.2 Å². The van der Waals surface area contributed by atoms with E-state index in [9.17, 15) is 19.5 Å². The summed E-state index contributed by atoms with van der Waals surface area (Å²) in [4.78, 5) is 35.9. The summed E-state index contributed by atoms with van der Waals surface area (Å²) >= 11 is 0. The zero-order valence-corrected chi connectivity index (χ0v) is 13.5. The Morgan fingerprint density at radius 3 is 2.58 bits per heavy atom. The monoisotopic (exact) mass is 331 g/mol. The first-order chi connectivity index (χ1) is 11.5. The van der Waals surface area contributed by atoms with Crippen molar-refractivity contribution in [2.75, 3.05) is 11.9 Å². The van der Waals surface area contributed by atoms with E-state index in [2.05, 4.69) is 5.32 Å². The predicted octanol–water partition coefficient (Wildman–Crippen LogP) is 2.55. The number of esters is 1. The molecular formula is C18H21NO5. The number of amides is 1. The first-order valence-electron chi connectivity index (χ1n) is 8.32. The molecule has 6 nitrogen and oxygen atoms in total. The van der Waals surface area contributed by atoms with Crippen molar-refractivity contribution in [3.8, 4) is 0 Å². The number of benzene rings is 1. The van der Waals surface area contributed by atoms with E-state index in [4.69, 9.17) is 4.74 Å². The van der Waals surface area contributed by atoms with Crippen LogP contribution in [0.2, 0.25) is 0 Å². The molecule has 1 aromatic carbocycles. The van der Waals surface area contributed by atoms with Crippen LogP contribution < -0.4 is 5.32 Å². The van der Waals surface area contributed by atoms with Gasteiger partial charge in [-0.3, -0.25) is 9.59 Å². The third-order valence-electron chi connectivity index (χ3n) is 5.15. The number of nitrogens with one attached hydrogen (secondary N) is 1. The first kappa shape index (κ1) is 16.5. The quantitative estimate of drug-likeness (QED) is 0.809. The highest BCUT2D eigenvalue weighted by atomic mass is 16.5. The van der Waals surface area contributed by atoms with Crippen molar-refractivity contribution >= 4 is 23.5 Å². The summed E-state index contributed by atoms with van der Waals surface area (Å²) in [5, 5.41) is 12.2. The van der Waals surface area contributed by atoms with Gasteiger partial charge in [-0.15, -0.1) is 0 Å². The minimum Gasteiger partial charge on any atom is -0.481 e. The van der Waals surface area contributed by atoms with Crippen LogP contribution in [0.5, 0.6) is 0 Å². The third-order valence-corrected chi connectivity index (χ3v) is 5.15. The van der Waals surface area contributed by atoms with Crippen LogP contribution in [0.4, 0.5) is 5.69 Å². The Kier molecular flexibility index (Phi) is 4.55.